The highest BCUT2D eigenvalue weighted by atomic mass is 32.1. The second-order valence-corrected chi connectivity index (χ2v) is 9.58. The molecule has 6 rings (SSSR count). The van der Waals surface area contributed by atoms with Crippen molar-refractivity contribution in [3.05, 3.63) is 95.0 Å². The van der Waals surface area contributed by atoms with E-state index in [1.807, 2.05) is 11.3 Å². The van der Waals surface area contributed by atoms with Gasteiger partial charge in [0.15, 0.2) is 0 Å². The first-order chi connectivity index (χ1) is 15.3. The fourth-order valence-corrected chi connectivity index (χ4v) is 6.11. The standard InChI is InChI=1S/C28H26N2S/c1-18(19-8-3-2-4-9-19)29-26-12-7-11-22-23-16-20(14-15-25(23)30-28(22)26)24-17-31-27-13-6-5-10-21(24)27/h2-6,8-10,13-18,26,29-30H,7,11-12H2,1H3. The first-order valence-electron chi connectivity index (χ1n) is 11.2. The lowest BCUT2D eigenvalue weighted by Gasteiger charge is -2.27. The van der Waals surface area contributed by atoms with Gasteiger partial charge < -0.3 is 10.3 Å². The van der Waals surface area contributed by atoms with Crippen LogP contribution in [0.2, 0.25) is 0 Å². The number of thiophene rings is 1. The Morgan fingerprint density at radius 2 is 1.81 bits per heavy atom. The Labute approximate surface area is 186 Å². The van der Waals surface area contributed by atoms with Gasteiger partial charge in [0.05, 0.1) is 0 Å². The summed E-state index contributed by atoms with van der Waals surface area (Å²) in [5.41, 5.74) is 8.16. The summed E-state index contributed by atoms with van der Waals surface area (Å²) in [6.45, 7) is 2.27. The van der Waals surface area contributed by atoms with Gasteiger partial charge in [-0.05, 0) is 66.5 Å². The molecule has 2 aromatic heterocycles. The van der Waals surface area contributed by atoms with Gasteiger partial charge in [0, 0.05) is 44.3 Å². The van der Waals surface area contributed by atoms with E-state index in [0.29, 0.717) is 12.1 Å². The zero-order chi connectivity index (χ0) is 20.8. The summed E-state index contributed by atoms with van der Waals surface area (Å²) in [6, 6.07) is 27.1. The van der Waals surface area contributed by atoms with E-state index >= 15 is 0 Å². The fraction of sp³-hybridized carbons (Fsp3) is 0.214. The minimum absolute atomic E-state index is 0.330. The summed E-state index contributed by atoms with van der Waals surface area (Å²) in [7, 11) is 0. The van der Waals surface area contributed by atoms with Crippen LogP contribution in [-0.2, 0) is 6.42 Å². The summed E-state index contributed by atoms with van der Waals surface area (Å²) in [5, 5.41) is 8.94. The molecular formula is C28H26N2S. The molecule has 154 valence electrons. The van der Waals surface area contributed by atoms with E-state index in [1.54, 1.807) is 0 Å². The molecule has 0 aliphatic heterocycles. The van der Waals surface area contributed by atoms with Gasteiger partial charge in [0.1, 0.15) is 0 Å². The average molecular weight is 423 g/mol. The molecule has 0 radical (unpaired) electrons. The van der Waals surface area contributed by atoms with E-state index in [2.05, 4.69) is 95.4 Å². The quantitative estimate of drug-likeness (QED) is 0.304. The topological polar surface area (TPSA) is 27.8 Å². The number of aromatic nitrogens is 1. The molecule has 0 saturated carbocycles. The van der Waals surface area contributed by atoms with Crippen LogP contribution in [0.5, 0.6) is 0 Å². The van der Waals surface area contributed by atoms with Crippen molar-refractivity contribution in [1.82, 2.24) is 10.3 Å². The Morgan fingerprint density at radius 1 is 0.968 bits per heavy atom. The Hall–Kier alpha value is -2.88. The van der Waals surface area contributed by atoms with Crippen LogP contribution < -0.4 is 5.32 Å². The van der Waals surface area contributed by atoms with E-state index in [0.717, 1.165) is 6.42 Å². The van der Waals surface area contributed by atoms with Crippen LogP contribution in [0.25, 0.3) is 32.1 Å². The number of nitrogens with one attached hydrogen (secondary N) is 2. The Kier molecular flexibility index (Phi) is 4.66. The molecular weight excluding hydrogens is 396 g/mol. The summed E-state index contributed by atoms with van der Waals surface area (Å²) >= 11 is 1.83. The highest BCUT2D eigenvalue weighted by Crippen LogP contribution is 2.39. The normalized spacial score (nSPS) is 17.1. The molecule has 2 nitrogen and oxygen atoms in total. The number of H-pyrrole nitrogens is 1. The van der Waals surface area contributed by atoms with Crippen LogP contribution in [0.3, 0.4) is 0 Å². The number of aromatic amines is 1. The zero-order valence-electron chi connectivity index (χ0n) is 17.7. The third-order valence-electron chi connectivity index (χ3n) is 6.75. The molecule has 0 saturated heterocycles. The van der Waals surface area contributed by atoms with Crippen molar-refractivity contribution in [3.8, 4) is 11.1 Å². The molecule has 1 aliphatic carbocycles. The van der Waals surface area contributed by atoms with Crippen LogP contribution in [0.1, 0.15) is 48.7 Å². The summed E-state index contributed by atoms with van der Waals surface area (Å²) < 4.78 is 1.35. The van der Waals surface area contributed by atoms with E-state index in [1.165, 1.54) is 61.8 Å². The smallest absolute Gasteiger partial charge is 0.0480 e. The van der Waals surface area contributed by atoms with Gasteiger partial charge in [0.2, 0.25) is 0 Å². The van der Waals surface area contributed by atoms with Gasteiger partial charge in [-0.1, -0.05) is 54.6 Å². The Balaban J connectivity index is 1.38. The predicted molar refractivity (Wildman–Crippen MR) is 133 cm³/mol. The highest BCUT2D eigenvalue weighted by molar-refractivity contribution is 7.17. The molecule has 2 heterocycles. The number of hydrogen-bond donors (Lipinski definition) is 2. The molecule has 31 heavy (non-hydrogen) atoms. The van der Waals surface area contributed by atoms with Crippen LogP contribution in [0, 0.1) is 0 Å². The maximum Gasteiger partial charge on any atom is 0.0480 e. The van der Waals surface area contributed by atoms with Crippen molar-refractivity contribution in [2.45, 2.75) is 38.3 Å². The SMILES string of the molecule is CC(NC1CCCc2c1[nH]c1ccc(-c3csc4ccccc34)cc21)c1ccccc1. The van der Waals surface area contributed by atoms with Gasteiger partial charge in [-0.15, -0.1) is 11.3 Å². The number of rotatable bonds is 4. The maximum absolute atomic E-state index is 3.89. The Morgan fingerprint density at radius 3 is 2.71 bits per heavy atom. The lowest BCUT2D eigenvalue weighted by Crippen LogP contribution is -2.27. The molecule has 0 amide bonds. The molecule has 0 fully saturated rings. The van der Waals surface area contributed by atoms with Crippen LogP contribution in [0.15, 0.2) is 78.2 Å². The monoisotopic (exact) mass is 422 g/mol. The molecule has 2 atom stereocenters. The lowest BCUT2D eigenvalue weighted by atomic mass is 9.90. The molecule has 0 spiro atoms. The van der Waals surface area contributed by atoms with E-state index < -0.39 is 0 Å². The first kappa shape index (κ1) is 18.9. The molecule has 2 N–H and O–H groups in total. The van der Waals surface area contributed by atoms with Crippen molar-refractivity contribution >= 4 is 32.3 Å². The van der Waals surface area contributed by atoms with Crippen molar-refractivity contribution in [1.29, 1.82) is 0 Å². The third kappa shape index (κ3) is 3.29. The molecule has 2 unspecified atom stereocenters. The zero-order valence-corrected chi connectivity index (χ0v) is 18.5. The van der Waals surface area contributed by atoms with Gasteiger partial charge in [-0.2, -0.15) is 0 Å². The predicted octanol–water partition coefficient (Wildman–Crippen LogP) is 7.78. The van der Waals surface area contributed by atoms with E-state index in [-0.39, 0.29) is 0 Å². The van der Waals surface area contributed by atoms with Crippen molar-refractivity contribution in [2.24, 2.45) is 0 Å². The van der Waals surface area contributed by atoms with Crippen LogP contribution in [-0.4, -0.2) is 4.98 Å². The number of hydrogen-bond acceptors (Lipinski definition) is 2. The molecule has 3 aromatic carbocycles. The highest BCUT2D eigenvalue weighted by Gasteiger charge is 2.26. The maximum atomic E-state index is 3.89. The van der Waals surface area contributed by atoms with Crippen LogP contribution >= 0.6 is 11.3 Å². The minimum Gasteiger partial charge on any atom is -0.357 e. The van der Waals surface area contributed by atoms with Gasteiger partial charge in [-0.3, -0.25) is 0 Å². The average Bonchev–Trinajstić information content (AvgIpc) is 3.41. The van der Waals surface area contributed by atoms with Crippen molar-refractivity contribution in [2.75, 3.05) is 0 Å². The molecule has 3 heteroatoms. The largest absolute Gasteiger partial charge is 0.357 e. The molecule has 5 aromatic rings. The fourth-order valence-electron chi connectivity index (χ4n) is 5.14. The summed E-state index contributed by atoms with van der Waals surface area (Å²) in [4.78, 5) is 3.77. The number of fused-ring (bicyclic) bond motifs is 4. The molecule has 0 bridgehead atoms. The summed E-state index contributed by atoms with van der Waals surface area (Å²) in [5.74, 6) is 0. The van der Waals surface area contributed by atoms with E-state index in [9.17, 15) is 0 Å². The van der Waals surface area contributed by atoms with Gasteiger partial charge >= 0.3 is 0 Å². The first-order valence-corrected chi connectivity index (χ1v) is 12.1. The minimum atomic E-state index is 0.330. The van der Waals surface area contributed by atoms with Gasteiger partial charge in [-0.25, -0.2) is 0 Å². The molecule has 1 aliphatic rings. The Bertz CT molecular complexity index is 1360. The second-order valence-electron chi connectivity index (χ2n) is 8.67. The summed E-state index contributed by atoms with van der Waals surface area (Å²) in [6.07, 6.45) is 3.56. The van der Waals surface area contributed by atoms with Crippen molar-refractivity contribution < 1.29 is 0 Å². The number of aryl methyl sites for hydroxylation is 1. The lowest BCUT2D eigenvalue weighted by molar-refractivity contribution is 0.410. The van der Waals surface area contributed by atoms with Crippen molar-refractivity contribution in [3.63, 3.8) is 0 Å². The van der Waals surface area contributed by atoms with Crippen LogP contribution in [0.4, 0.5) is 0 Å². The third-order valence-corrected chi connectivity index (χ3v) is 7.71. The van der Waals surface area contributed by atoms with Gasteiger partial charge in [0.25, 0.3) is 0 Å². The number of benzene rings is 3. The van der Waals surface area contributed by atoms with E-state index in [4.69, 9.17) is 0 Å². The second kappa shape index (κ2) is 7.67.